The molecule has 0 spiro atoms. The molecule has 6 heteroatoms. The number of aliphatic hydroxyl groups is 1. The molecule has 19 heavy (non-hydrogen) atoms. The number of aliphatic hydroxyl groups excluding tert-OH is 1. The maximum atomic E-state index is 9.44. The molecule has 0 aliphatic rings. The number of nitrogens with zero attached hydrogens (tertiary/aromatic N) is 2. The topological polar surface area (TPSA) is 68.4 Å². The number of hydrogen-bond donors (Lipinski definition) is 1. The van der Waals surface area contributed by atoms with Crippen LogP contribution in [-0.4, -0.2) is 15.2 Å². The standard InChI is InChI=1S/C13H15ClN2O3/c1-3-13-15-12(16-19-13)7-18-11-5-4-9(8(2)17)6-10(11)14/h4-6,8,17H,3,7H2,1-2H3. The van der Waals surface area contributed by atoms with E-state index in [1.165, 1.54) is 0 Å². The third-order valence-corrected chi connectivity index (χ3v) is 2.90. The van der Waals surface area contributed by atoms with Crippen LogP contribution >= 0.6 is 11.6 Å². The summed E-state index contributed by atoms with van der Waals surface area (Å²) < 4.78 is 10.5. The highest BCUT2D eigenvalue weighted by molar-refractivity contribution is 6.32. The highest BCUT2D eigenvalue weighted by Crippen LogP contribution is 2.28. The monoisotopic (exact) mass is 282 g/mol. The Kier molecular flexibility index (Phi) is 4.39. The van der Waals surface area contributed by atoms with E-state index in [0.717, 1.165) is 5.56 Å². The highest BCUT2D eigenvalue weighted by Gasteiger charge is 2.09. The first-order chi connectivity index (χ1) is 9.10. The summed E-state index contributed by atoms with van der Waals surface area (Å²) in [6.45, 7) is 3.80. The molecule has 0 fully saturated rings. The van der Waals surface area contributed by atoms with Crippen molar-refractivity contribution in [2.45, 2.75) is 33.0 Å². The largest absolute Gasteiger partial charge is 0.484 e. The molecule has 1 aromatic heterocycles. The fraction of sp³-hybridized carbons (Fsp3) is 0.385. The smallest absolute Gasteiger partial charge is 0.226 e. The molecule has 0 aliphatic carbocycles. The van der Waals surface area contributed by atoms with E-state index in [-0.39, 0.29) is 6.61 Å². The second kappa shape index (κ2) is 6.04. The highest BCUT2D eigenvalue weighted by atomic mass is 35.5. The Hall–Kier alpha value is -1.59. The van der Waals surface area contributed by atoms with Crippen molar-refractivity contribution in [1.82, 2.24) is 10.1 Å². The predicted octanol–water partition coefficient (Wildman–Crippen LogP) is 2.92. The zero-order valence-corrected chi connectivity index (χ0v) is 11.5. The van der Waals surface area contributed by atoms with E-state index in [1.807, 2.05) is 6.92 Å². The van der Waals surface area contributed by atoms with Gasteiger partial charge in [-0.15, -0.1) is 0 Å². The van der Waals surface area contributed by atoms with Crippen molar-refractivity contribution >= 4 is 11.6 Å². The van der Waals surface area contributed by atoms with E-state index in [9.17, 15) is 5.11 Å². The molecule has 102 valence electrons. The second-order valence-corrected chi connectivity index (χ2v) is 4.52. The Bertz CT molecular complexity index is 555. The molecule has 1 atom stereocenters. The Morgan fingerprint density at radius 2 is 2.26 bits per heavy atom. The number of halogens is 1. The van der Waals surface area contributed by atoms with Gasteiger partial charge in [-0.25, -0.2) is 0 Å². The number of hydrogen-bond acceptors (Lipinski definition) is 5. The molecule has 1 heterocycles. The normalized spacial score (nSPS) is 12.4. The fourth-order valence-corrected chi connectivity index (χ4v) is 1.77. The van der Waals surface area contributed by atoms with Crippen molar-refractivity contribution in [3.63, 3.8) is 0 Å². The average molecular weight is 283 g/mol. The van der Waals surface area contributed by atoms with Crippen molar-refractivity contribution in [2.24, 2.45) is 0 Å². The van der Waals surface area contributed by atoms with Crippen molar-refractivity contribution in [3.05, 3.63) is 40.5 Å². The SMILES string of the molecule is CCc1nc(COc2ccc(C(C)O)cc2Cl)no1. The van der Waals surface area contributed by atoms with Crippen LogP contribution in [0.15, 0.2) is 22.7 Å². The zero-order chi connectivity index (χ0) is 13.8. The summed E-state index contributed by atoms with van der Waals surface area (Å²) in [6, 6.07) is 5.15. The van der Waals surface area contributed by atoms with Gasteiger partial charge in [-0.05, 0) is 24.6 Å². The first kappa shape index (κ1) is 13.8. The van der Waals surface area contributed by atoms with E-state index >= 15 is 0 Å². The third kappa shape index (κ3) is 3.45. The number of aromatic nitrogens is 2. The van der Waals surface area contributed by atoms with Crippen molar-refractivity contribution in [3.8, 4) is 5.75 Å². The minimum atomic E-state index is -0.559. The van der Waals surface area contributed by atoms with Gasteiger partial charge in [0.1, 0.15) is 5.75 Å². The quantitative estimate of drug-likeness (QED) is 0.913. The Morgan fingerprint density at radius 1 is 1.47 bits per heavy atom. The van der Waals surface area contributed by atoms with Crippen molar-refractivity contribution < 1.29 is 14.4 Å². The molecule has 0 saturated heterocycles. The molecule has 0 radical (unpaired) electrons. The molecule has 0 amide bonds. The molecule has 0 aliphatic heterocycles. The first-order valence-electron chi connectivity index (χ1n) is 6.02. The van der Waals surface area contributed by atoms with Crippen LogP contribution in [0.25, 0.3) is 0 Å². The third-order valence-electron chi connectivity index (χ3n) is 2.61. The maximum Gasteiger partial charge on any atom is 0.226 e. The van der Waals surface area contributed by atoms with E-state index in [4.69, 9.17) is 20.9 Å². The maximum absolute atomic E-state index is 9.44. The lowest BCUT2D eigenvalue weighted by Gasteiger charge is -2.09. The van der Waals surface area contributed by atoms with Crippen molar-refractivity contribution in [2.75, 3.05) is 0 Å². The van der Waals surface area contributed by atoms with Gasteiger partial charge in [-0.3, -0.25) is 0 Å². The number of ether oxygens (including phenoxy) is 1. The molecule has 1 unspecified atom stereocenters. The van der Waals surface area contributed by atoms with Crippen LogP contribution in [0.3, 0.4) is 0 Å². The van der Waals surface area contributed by atoms with Gasteiger partial charge >= 0.3 is 0 Å². The number of benzene rings is 1. The van der Waals surface area contributed by atoms with Gasteiger partial charge in [0.15, 0.2) is 6.61 Å². The van der Waals surface area contributed by atoms with Gasteiger partial charge in [-0.2, -0.15) is 4.98 Å². The summed E-state index contributed by atoms with van der Waals surface area (Å²) in [5.74, 6) is 1.58. The first-order valence-corrected chi connectivity index (χ1v) is 6.39. The van der Waals surface area contributed by atoms with Crippen LogP contribution in [-0.2, 0) is 13.0 Å². The van der Waals surface area contributed by atoms with Gasteiger partial charge in [-0.1, -0.05) is 29.7 Å². The molecular formula is C13H15ClN2O3. The minimum absolute atomic E-state index is 0.192. The number of aryl methyl sites for hydroxylation is 1. The lowest BCUT2D eigenvalue weighted by molar-refractivity contribution is 0.199. The van der Waals surface area contributed by atoms with Crippen LogP contribution in [0.2, 0.25) is 5.02 Å². The zero-order valence-electron chi connectivity index (χ0n) is 10.8. The molecule has 0 bridgehead atoms. The summed E-state index contributed by atoms with van der Waals surface area (Å²) in [5.41, 5.74) is 0.741. The molecule has 1 aromatic carbocycles. The van der Waals surface area contributed by atoms with Crippen molar-refractivity contribution in [1.29, 1.82) is 0 Å². The second-order valence-electron chi connectivity index (χ2n) is 4.11. The van der Waals surface area contributed by atoms with Crippen LogP contribution in [0.4, 0.5) is 0 Å². The summed E-state index contributed by atoms with van der Waals surface area (Å²) in [4.78, 5) is 4.13. The van der Waals surface area contributed by atoms with Crippen LogP contribution < -0.4 is 4.74 Å². The van der Waals surface area contributed by atoms with Crippen LogP contribution in [0.1, 0.15) is 37.2 Å². The summed E-state index contributed by atoms with van der Waals surface area (Å²) in [6.07, 6.45) is 0.132. The van der Waals surface area contributed by atoms with E-state index in [1.54, 1.807) is 25.1 Å². The summed E-state index contributed by atoms with van der Waals surface area (Å²) in [5, 5.41) is 13.7. The minimum Gasteiger partial charge on any atom is -0.484 e. The summed E-state index contributed by atoms with van der Waals surface area (Å²) in [7, 11) is 0. The van der Waals surface area contributed by atoms with Crippen LogP contribution in [0, 0.1) is 0 Å². The molecule has 0 saturated carbocycles. The van der Waals surface area contributed by atoms with E-state index < -0.39 is 6.10 Å². The van der Waals surface area contributed by atoms with E-state index in [2.05, 4.69) is 10.1 Å². The Morgan fingerprint density at radius 3 is 2.84 bits per heavy atom. The van der Waals surface area contributed by atoms with Gasteiger partial charge in [0, 0.05) is 6.42 Å². The molecule has 2 aromatic rings. The van der Waals surface area contributed by atoms with Gasteiger partial charge in [0.2, 0.25) is 11.7 Å². The predicted molar refractivity (Wildman–Crippen MR) is 70.1 cm³/mol. The Balaban J connectivity index is 2.03. The molecule has 1 N–H and O–H groups in total. The lowest BCUT2D eigenvalue weighted by Crippen LogP contribution is -1.99. The molecule has 5 nitrogen and oxygen atoms in total. The average Bonchev–Trinajstić information content (AvgIpc) is 2.85. The van der Waals surface area contributed by atoms with Gasteiger partial charge < -0.3 is 14.4 Å². The van der Waals surface area contributed by atoms with Crippen LogP contribution in [0.5, 0.6) is 5.75 Å². The molecular weight excluding hydrogens is 268 g/mol. The lowest BCUT2D eigenvalue weighted by atomic mass is 10.1. The van der Waals surface area contributed by atoms with Gasteiger partial charge in [0.25, 0.3) is 0 Å². The number of rotatable bonds is 5. The van der Waals surface area contributed by atoms with E-state index in [0.29, 0.717) is 28.9 Å². The molecule has 2 rings (SSSR count). The fourth-order valence-electron chi connectivity index (χ4n) is 1.53. The summed E-state index contributed by atoms with van der Waals surface area (Å²) >= 11 is 6.07. The Labute approximate surface area is 116 Å². The van der Waals surface area contributed by atoms with Gasteiger partial charge in [0.05, 0.1) is 11.1 Å².